The number of rotatable bonds is 12. The number of furan rings is 1. The number of nitrogens with zero attached hydrogens (tertiary/aromatic N) is 3. The lowest BCUT2D eigenvalue weighted by atomic mass is 10.1. The zero-order chi connectivity index (χ0) is 26.4. The second-order valence-electron chi connectivity index (χ2n) is 8.60. The second kappa shape index (κ2) is 12.4. The van der Waals surface area contributed by atoms with Crippen LogP contribution in [0.1, 0.15) is 77.2 Å². The number of unbranched alkanes of at least 4 members (excludes halogenated alkanes) is 1. The molecule has 0 aliphatic heterocycles. The number of anilines is 1. The van der Waals surface area contributed by atoms with Crippen LogP contribution in [-0.2, 0) is 35.5 Å². The summed E-state index contributed by atoms with van der Waals surface area (Å²) in [7, 11) is 0. The van der Waals surface area contributed by atoms with Crippen molar-refractivity contribution in [3.63, 3.8) is 0 Å². The molecule has 198 valence electrons. The van der Waals surface area contributed by atoms with Gasteiger partial charge in [-0.15, -0.1) is 21.5 Å². The Hall–Kier alpha value is -3.12. The molecule has 0 aromatic carbocycles. The first kappa shape index (κ1) is 26.9. The summed E-state index contributed by atoms with van der Waals surface area (Å²) in [6.07, 6.45) is 6.04. The highest BCUT2D eigenvalue weighted by Gasteiger charge is 2.29. The van der Waals surface area contributed by atoms with Crippen LogP contribution in [-0.4, -0.2) is 44.4 Å². The molecular formula is C25H31N5O5S2. The molecule has 0 saturated carbocycles. The van der Waals surface area contributed by atoms with Crippen molar-refractivity contribution >= 4 is 45.9 Å². The lowest BCUT2D eigenvalue weighted by molar-refractivity contribution is -0.115. The molecule has 10 nitrogen and oxygen atoms in total. The highest BCUT2D eigenvalue weighted by atomic mass is 32.2. The number of amides is 2. The van der Waals surface area contributed by atoms with Gasteiger partial charge in [-0.25, -0.2) is 4.79 Å². The molecule has 12 heteroatoms. The lowest BCUT2D eigenvalue weighted by Gasteiger charge is -2.14. The molecular weight excluding hydrogens is 514 g/mol. The van der Waals surface area contributed by atoms with Gasteiger partial charge in [-0.2, -0.15) is 0 Å². The van der Waals surface area contributed by atoms with E-state index in [1.807, 2.05) is 4.57 Å². The summed E-state index contributed by atoms with van der Waals surface area (Å²) in [6, 6.07) is 3.24. The molecule has 37 heavy (non-hydrogen) atoms. The number of esters is 1. The Morgan fingerprint density at radius 3 is 2.84 bits per heavy atom. The smallest absolute Gasteiger partial charge is 0.341 e. The van der Waals surface area contributed by atoms with Gasteiger partial charge in [0.1, 0.15) is 5.00 Å². The number of aryl methyl sites for hydroxylation is 1. The second-order valence-corrected chi connectivity index (χ2v) is 11.0. The van der Waals surface area contributed by atoms with Crippen molar-refractivity contribution in [1.82, 2.24) is 20.1 Å². The lowest BCUT2D eigenvalue weighted by Crippen LogP contribution is -2.25. The van der Waals surface area contributed by atoms with Gasteiger partial charge in [-0.05, 0) is 57.2 Å². The number of fused-ring (bicyclic) bond motifs is 1. The zero-order valence-corrected chi connectivity index (χ0v) is 22.8. The van der Waals surface area contributed by atoms with E-state index >= 15 is 0 Å². The maximum Gasteiger partial charge on any atom is 0.341 e. The van der Waals surface area contributed by atoms with Crippen LogP contribution in [0.4, 0.5) is 5.00 Å². The summed E-state index contributed by atoms with van der Waals surface area (Å²) in [5.74, 6) is -0.132. The maximum atomic E-state index is 13.2. The van der Waals surface area contributed by atoms with E-state index in [2.05, 4.69) is 27.8 Å². The molecule has 0 fully saturated rings. The molecule has 0 spiro atoms. The third-order valence-corrected chi connectivity index (χ3v) is 8.26. The van der Waals surface area contributed by atoms with Gasteiger partial charge in [0.05, 0.1) is 30.2 Å². The SMILES string of the molecule is CCCCn1c(CNC(=O)c2ccco2)nnc1S[C@H](C)C(=O)Nc1sc2c(c1C(=O)OCC)CCC2. The van der Waals surface area contributed by atoms with Crippen molar-refractivity contribution in [3.8, 4) is 0 Å². The van der Waals surface area contributed by atoms with Crippen LogP contribution in [0.3, 0.4) is 0 Å². The topological polar surface area (TPSA) is 128 Å². The summed E-state index contributed by atoms with van der Waals surface area (Å²) in [6.45, 7) is 6.78. The molecule has 0 bridgehead atoms. The summed E-state index contributed by atoms with van der Waals surface area (Å²) in [5, 5.41) is 15.0. The Labute approximate surface area is 223 Å². The third kappa shape index (κ3) is 6.24. The van der Waals surface area contributed by atoms with Crippen molar-refractivity contribution in [2.75, 3.05) is 11.9 Å². The number of aromatic nitrogens is 3. The first-order chi connectivity index (χ1) is 17.9. The quantitative estimate of drug-likeness (QED) is 0.252. The predicted molar refractivity (Wildman–Crippen MR) is 141 cm³/mol. The van der Waals surface area contributed by atoms with Gasteiger partial charge in [-0.3, -0.25) is 9.59 Å². The first-order valence-corrected chi connectivity index (χ1v) is 14.1. The molecule has 0 saturated heterocycles. The molecule has 1 atom stereocenters. The number of carbonyl (C=O) groups is 3. The fourth-order valence-corrected chi connectivity index (χ4v) is 6.24. The van der Waals surface area contributed by atoms with E-state index in [1.165, 1.54) is 29.4 Å². The van der Waals surface area contributed by atoms with Crippen molar-refractivity contribution < 1.29 is 23.5 Å². The number of thioether (sulfide) groups is 1. The van der Waals surface area contributed by atoms with E-state index in [9.17, 15) is 14.4 Å². The molecule has 1 aliphatic rings. The predicted octanol–water partition coefficient (Wildman–Crippen LogP) is 4.45. The van der Waals surface area contributed by atoms with Gasteiger partial charge in [0.2, 0.25) is 5.91 Å². The van der Waals surface area contributed by atoms with Gasteiger partial charge >= 0.3 is 5.97 Å². The van der Waals surface area contributed by atoms with Crippen LogP contribution in [0.5, 0.6) is 0 Å². The maximum absolute atomic E-state index is 13.2. The Kier molecular flexibility index (Phi) is 9.04. The first-order valence-electron chi connectivity index (χ1n) is 12.5. The Balaban J connectivity index is 1.45. The van der Waals surface area contributed by atoms with E-state index < -0.39 is 11.2 Å². The third-order valence-electron chi connectivity index (χ3n) is 5.97. The molecule has 0 unspecified atom stereocenters. The van der Waals surface area contributed by atoms with Crippen LogP contribution in [0, 0.1) is 0 Å². The largest absolute Gasteiger partial charge is 0.462 e. The number of thiophene rings is 1. The van der Waals surface area contributed by atoms with E-state index in [0.29, 0.717) is 28.1 Å². The van der Waals surface area contributed by atoms with Crippen molar-refractivity contribution in [1.29, 1.82) is 0 Å². The average molecular weight is 546 g/mol. The van der Waals surface area contributed by atoms with Crippen LogP contribution in [0.15, 0.2) is 28.0 Å². The molecule has 3 aromatic heterocycles. The normalized spacial score (nSPS) is 13.3. The molecule has 1 aliphatic carbocycles. The highest BCUT2D eigenvalue weighted by molar-refractivity contribution is 8.00. The number of carbonyl (C=O) groups excluding carboxylic acids is 3. The minimum Gasteiger partial charge on any atom is -0.462 e. The van der Waals surface area contributed by atoms with Crippen LogP contribution >= 0.6 is 23.1 Å². The zero-order valence-electron chi connectivity index (χ0n) is 21.2. The monoisotopic (exact) mass is 545 g/mol. The number of ether oxygens (including phenoxy) is 1. The molecule has 2 amide bonds. The fraction of sp³-hybridized carbons (Fsp3) is 0.480. The van der Waals surface area contributed by atoms with Gasteiger partial charge in [0.25, 0.3) is 5.91 Å². The van der Waals surface area contributed by atoms with E-state index in [-0.39, 0.29) is 30.7 Å². The average Bonchev–Trinajstić information content (AvgIpc) is 3.66. The summed E-state index contributed by atoms with van der Waals surface area (Å²) in [4.78, 5) is 39.2. The van der Waals surface area contributed by atoms with Crippen molar-refractivity contribution in [3.05, 3.63) is 46.0 Å². The van der Waals surface area contributed by atoms with Crippen LogP contribution in [0.2, 0.25) is 0 Å². The Bertz CT molecular complexity index is 1250. The van der Waals surface area contributed by atoms with Gasteiger partial charge in [0, 0.05) is 11.4 Å². The summed E-state index contributed by atoms with van der Waals surface area (Å²) < 4.78 is 12.3. The molecule has 0 radical (unpaired) electrons. The van der Waals surface area contributed by atoms with E-state index in [1.54, 1.807) is 26.0 Å². The summed E-state index contributed by atoms with van der Waals surface area (Å²) in [5.41, 5.74) is 1.49. The molecule has 2 N–H and O–H groups in total. The van der Waals surface area contributed by atoms with E-state index in [0.717, 1.165) is 42.5 Å². The number of nitrogens with one attached hydrogen (secondary N) is 2. The minimum atomic E-state index is -0.498. The summed E-state index contributed by atoms with van der Waals surface area (Å²) >= 11 is 2.75. The Morgan fingerprint density at radius 2 is 2.11 bits per heavy atom. The van der Waals surface area contributed by atoms with Gasteiger partial charge in [-0.1, -0.05) is 25.1 Å². The van der Waals surface area contributed by atoms with Crippen molar-refractivity contribution in [2.45, 2.75) is 76.4 Å². The fourth-order valence-electron chi connectivity index (χ4n) is 4.07. The van der Waals surface area contributed by atoms with Gasteiger partial charge < -0.3 is 24.4 Å². The standard InChI is InChI=1S/C25H31N5O5S2/c1-4-6-12-30-19(14-26-22(32)17-10-8-13-35-17)28-29-25(30)36-15(3)21(31)27-23-20(24(33)34-5-2)16-9-7-11-18(16)37-23/h8,10,13,15H,4-7,9,11-12,14H2,1-3H3,(H,26,32)(H,27,31)/t15-/m1/s1. The molecule has 3 heterocycles. The van der Waals surface area contributed by atoms with Crippen molar-refractivity contribution in [2.24, 2.45) is 0 Å². The molecule has 4 rings (SSSR count). The van der Waals surface area contributed by atoms with Gasteiger partial charge in [0.15, 0.2) is 16.7 Å². The van der Waals surface area contributed by atoms with Crippen LogP contribution in [0.25, 0.3) is 0 Å². The molecule has 3 aromatic rings. The van der Waals surface area contributed by atoms with Crippen LogP contribution < -0.4 is 10.6 Å². The van der Waals surface area contributed by atoms with E-state index in [4.69, 9.17) is 9.15 Å². The number of hydrogen-bond acceptors (Lipinski definition) is 9. The number of hydrogen-bond donors (Lipinski definition) is 2. The highest BCUT2D eigenvalue weighted by Crippen LogP contribution is 2.40. The minimum absolute atomic E-state index is 0.182. The Morgan fingerprint density at radius 1 is 1.27 bits per heavy atom.